The van der Waals surface area contributed by atoms with Crippen molar-refractivity contribution in [2.75, 3.05) is 0 Å². The van der Waals surface area contributed by atoms with Crippen molar-refractivity contribution < 1.29 is 9.21 Å². The van der Waals surface area contributed by atoms with Gasteiger partial charge in [-0.2, -0.15) is 0 Å². The summed E-state index contributed by atoms with van der Waals surface area (Å²) >= 11 is 12.8. The number of furan rings is 1. The Hall–Kier alpha value is -1.10. The second-order valence-electron chi connectivity index (χ2n) is 4.26. The summed E-state index contributed by atoms with van der Waals surface area (Å²) in [6.45, 7) is 0. The molecule has 0 aliphatic heterocycles. The van der Waals surface area contributed by atoms with Gasteiger partial charge in [0.05, 0.1) is 5.02 Å². The van der Waals surface area contributed by atoms with E-state index in [1.54, 1.807) is 24.3 Å². The van der Waals surface area contributed by atoms with Gasteiger partial charge in [-0.25, -0.2) is 0 Å². The van der Waals surface area contributed by atoms with E-state index in [0.29, 0.717) is 16.2 Å². The highest BCUT2D eigenvalue weighted by atomic mass is 79.9. The highest BCUT2D eigenvalue weighted by Gasteiger charge is 2.16. The molecule has 0 aliphatic carbocycles. The molecule has 2 aromatic carbocycles. The van der Waals surface area contributed by atoms with E-state index in [2.05, 4.69) is 31.9 Å². The number of carbonyl (C=O) groups is 1. The zero-order valence-electron chi connectivity index (χ0n) is 9.99. The van der Waals surface area contributed by atoms with Gasteiger partial charge in [0.25, 0.3) is 0 Å². The molecule has 2 nitrogen and oxygen atoms in total. The quantitative estimate of drug-likeness (QED) is 0.493. The van der Waals surface area contributed by atoms with Gasteiger partial charge >= 0.3 is 0 Å². The van der Waals surface area contributed by atoms with Crippen molar-refractivity contribution in [1.82, 2.24) is 0 Å². The first-order chi connectivity index (χ1) is 9.54. The Morgan fingerprint density at radius 3 is 2.40 bits per heavy atom. The topological polar surface area (TPSA) is 30.2 Å². The van der Waals surface area contributed by atoms with Crippen LogP contribution in [0, 0.1) is 0 Å². The molecule has 0 fully saturated rings. The van der Waals surface area contributed by atoms with Crippen molar-refractivity contribution in [3.05, 3.63) is 67.8 Å². The average Bonchev–Trinajstić information content (AvgIpc) is 2.82. The molecule has 0 saturated heterocycles. The smallest absolute Gasteiger partial charge is 0.228 e. The van der Waals surface area contributed by atoms with Gasteiger partial charge < -0.3 is 4.42 Å². The van der Waals surface area contributed by atoms with Crippen LogP contribution in [0.5, 0.6) is 0 Å². The summed E-state index contributed by atoms with van der Waals surface area (Å²) in [4.78, 5) is 12.5. The lowest BCUT2D eigenvalue weighted by Crippen LogP contribution is -1.99. The SMILES string of the molecule is O=C(c1cc(Br)cc(Br)c1)c1cc2cccc(Cl)c2o1. The Morgan fingerprint density at radius 2 is 1.75 bits per heavy atom. The van der Waals surface area contributed by atoms with Crippen LogP contribution in [0.1, 0.15) is 16.1 Å². The molecular formula is C15H7Br2ClO2. The predicted octanol–water partition coefficient (Wildman–Crippen LogP) is 5.84. The first-order valence-corrected chi connectivity index (χ1v) is 7.70. The molecule has 0 atom stereocenters. The third kappa shape index (κ3) is 2.55. The van der Waals surface area contributed by atoms with Gasteiger partial charge in [0.15, 0.2) is 11.3 Å². The van der Waals surface area contributed by atoms with Crippen LogP contribution in [-0.2, 0) is 0 Å². The second-order valence-corrected chi connectivity index (χ2v) is 6.49. The van der Waals surface area contributed by atoms with Crippen LogP contribution in [0.15, 0.2) is 55.8 Å². The minimum absolute atomic E-state index is 0.181. The molecule has 3 rings (SSSR count). The van der Waals surface area contributed by atoms with Gasteiger partial charge in [-0.3, -0.25) is 4.79 Å². The summed E-state index contributed by atoms with van der Waals surface area (Å²) in [5.41, 5.74) is 1.08. The Morgan fingerprint density at radius 1 is 1.05 bits per heavy atom. The Balaban J connectivity index is 2.10. The van der Waals surface area contributed by atoms with Crippen molar-refractivity contribution in [2.24, 2.45) is 0 Å². The molecule has 0 radical (unpaired) electrons. The van der Waals surface area contributed by atoms with Crippen LogP contribution < -0.4 is 0 Å². The zero-order chi connectivity index (χ0) is 14.3. The lowest BCUT2D eigenvalue weighted by atomic mass is 10.1. The maximum atomic E-state index is 12.5. The first kappa shape index (κ1) is 13.9. The molecular weight excluding hydrogens is 407 g/mol. The Bertz CT molecular complexity index is 804. The molecule has 0 amide bonds. The number of benzene rings is 2. The number of rotatable bonds is 2. The minimum Gasteiger partial charge on any atom is -0.451 e. The van der Waals surface area contributed by atoms with Crippen molar-refractivity contribution in [1.29, 1.82) is 0 Å². The summed E-state index contributed by atoms with van der Waals surface area (Å²) in [7, 11) is 0. The van der Waals surface area contributed by atoms with Crippen LogP contribution in [0.3, 0.4) is 0 Å². The molecule has 1 heterocycles. The van der Waals surface area contributed by atoms with E-state index in [-0.39, 0.29) is 11.5 Å². The van der Waals surface area contributed by atoms with E-state index < -0.39 is 0 Å². The third-order valence-corrected chi connectivity index (χ3v) is 4.06. The number of halogens is 3. The van der Waals surface area contributed by atoms with E-state index in [1.165, 1.54) is 0 Å². The van der Waals surface area contributed by atoms with Crippen molar-refractivity contribution >= 4 is 60.2 Å². The fraction of sp³-hybridized carbons (Fsp3) is 0. The molecule has 0 N–H and O–H groups in total. The number of carbonyl (C=O) groups excluding carboxylic acids is 1. The number of hydrogen-bond donors (Lipinski definition) is 0. The molecule has 0 spiro atoms. The van der Waals surface area contributed by atoms with Gasteiger partial charge in [0, 0.05) is 19.9 Å². The molecule has 0 unspecified atom stereocenters. The van der Waals surface area contributed by atoms with Gasteiger partial charge in [0.1, 0.15) is 0 Å². The van der Waals surface area contributed by atoms with Gasteiger partial charge in [-0.1, -0.05) is 55.6 Å². The number of ketones is 1. The molecule has 100 valence electrons. The van der Waals surface area contributed by atoms with E-state index in [9.17, 15) is 4.79 Å². The van der Waals surface area contributed by atoms with Crippen LogP contribution in [0.2, 0.25) is 5.02 Å². The lowest BCUT2D eigenvalue weighted by molar-refractivity contribution is 0.101. The van der Waals surface area contributed by atoms with Crippen LogP contribution >= 0.6 is 43.5 Å². The molecule has 0 aliphatic rings. The third-order valence-electron chi connectivity index (χ3n) is 2.84. The summed E-state index contributed by atoms with van der Waals surface area (Å²) in [6.07, 6.45) is 0. The average molecular weight is 414 g/mol. The van der Waals surface area contributed by atoms with Gasteiger partial charge in [0.2, 0.25) is 5.78 Å². The van der Waals surface area contributed by atoms with Crippen molar-refractivity contribution in [3.63, 3.8) is 0 Å². The number of hydrogen-bond acceptors (Lipinski definition) is 2. The van der Waals surface area contributed by atoms with Crippen LogP contribution in [0.4, 0.5) is 0 Å². The van der Waals surface area contributed by atoms with Crippen LogP contribution in [-0.4, -0.2) is 5.78 Å². The fourth-order valence-corrected chi connectivity index (χ4v) is 3.48. The number of para-hydroxylation sites is 1. The maximum absolute atomic E-state index is 12.5. The van der Waals surface area contributed by atoms with Crippen LogP contribution in [0.25, 0.3) is 11.0 Å². The summed E-state index contributed by atoms with van der Waals surface area (Å²) in [5, 5.41) is 1.31. The molecule has 0 bridgehead atoms. The van der Waals surface area contributed by atoms with E-state index >= 15 is 0 Å². The summed E-state index contributed by atoms with van der Waals surface area (Å²) in [5.74, 6) is 0.0948. The van der Waals surface area contributed by atoms with Gasteiger partial charge in [-0.15, -0.1) is 0 Å². The highest BCUT2D eigenvalue weighted by Crippen LogP contribution is 2.29. The molecule has 1 aromatic heterocycles. The highest BCUT2D eigenvalue weighted by molar-refractivity contribution is 9.11. The lowest BCUT2D eigenvalue weighted by Gasteiger charge is -2.00. The first-order valence-electron chi connectivity index (χ1n) is 5.73. The maximum Gasteiger partial charge on any atom is 0.228 e. The molecule has 20 heavy (non-hydrogen) atoms. The van der Waals surface area contributed by atoms with E-state index in [0.717, 1.165) is 14.3 Å². The monoisotopic (exact) mass is 412 g/mol. The predicted molar refractivity (Wildman–Crippen MR) is 86.5 cm³/mol. The second kappa shape index (κ2) is 5.35. The largest absolute Gasteiger partial charge is 0.451 e. The molecule has 5 heteroatoms. The van der Waals surface area contributed by atoms with Crippen molar-refractivity contribution in [2.45, 2.75) is 0 Å². The normalized spacial score (nSPS) is 10.9. The van der Waals surface area contributed by atoms with E-state index in [4.69, 9.17) is 16.0 Å². The van der Waals surface area contributed by atoms with E-state index in [1.807, 2.05) is 18.2 Å². The zero-order valence-corrected chi connectivity index (χ0v) is 13.9. The Labute approximate surface area is 137 Å². The fourth-order valence-electron chi connectivity index (χ4n) is 1.97. The molecule has 0 saturated carbocycles. The summed E-state index contributed by atoms with van der Waals surface area (Å²) < 4.78 is 7.23. The summed E-state index contributed by atoms with van der Waals surface area (Å²) in [6, 6.07) is 12.5. The molecule has 3 aromatic rings. The standard InChI is InChI=1S/C15H7Br2ClO2/c16-10-4-9(5-11(17)7-10)14(19)13-6-8-2-1-3-12(18)15(8)20-13/h1-7H. The number of fused-ring (bicyclic) bond motifs is 1. The van der Waals surface area contributed by atoms with Crippen molar-refractivity contribution in [3.8, 4) is 0 Å². The van der Waals surface area contributed by atoms with Gasteiger partial charge in [-0.05, 0) is 30.3 Å². The Kier molecular flexibility index (Phi) is 3.71. The minimum atomic E-state index is -0.181.